The largest absolute Gasteiger partial charge is 0.348 e. The Labute approximate surface area is 116 Å². The van der Waals surface area contributed by atoms with Crippen LogP contribution in [0.4, 0.5) is 10.9 Å². The fourth-order valence-corrected chi connectivity index (χ4v) is 2.08. The second kappa shape index (κ2) is 6.29. The van der Waals surface area contributed by atoms with E-state index < -0.39 is 0 Å². The van der Waals surface area contributed by atoms with Gasteiger partial charge < -0.3 is 10.6 Å². The van der Waals surface area contributed by atoms with Crippen molar-refractivity contribution in [3.05, 3.63) is 35.5 Å². The lowest BCUT2D eigenvalue weighted by molar-refractivity contribution is 0.0935. The first-order valence-corrected chi connectivity index (χ1v) is 7.01. The summed E-state index contributed by atoms with van der Waals surface area (Å²) < 4.78 is 0. The van der Waals surface area contributed by atoms with Crippen molar-refractivity contribution in [2.24, 2.45) is 0 Å². The highest BCUT2D eigenvalue weighted by molar-refractivity contribution is 7.14. The van der Waals surface area contributed by atoms with Crippen molar-refractivity contribution in [2.75, 3.05) is 5.32 Å². The summed E-state index contributed by atoms with van der Waals surface area (Å²) in [7, 11) is 0. The molecule has 0 saturated heterocycles. The van der Waals surface area contributed by atoms with Gasteiger partial charge in [0.15, 0.2) is 5.13 Å². The number of nitrogens with one attached hydrogen (secondary N) is 2. The third-order valence-corrected chi connectivity index (χ3v) is 3.38. The maximum atomic E-state index is 11.9. The monoisotopic (exact) mass is 276 g/mol. The molecular weight excluding hydrogens is 260 g/mol. The summed E-state index contributed by atoms with van der Waals surface area (Å²) in [5, 5.41) is 8.35. The highest BCUT2D eigenvalue weighted by Gasteiger charge is 2.12. The molecule has 0 aliphatic heterocycles. The van der Waals surface area contributed by atoms with Crippen LogP contribution < -0.4 is 10.6 Å². The Kier molecular flexibility index (Phi) is 4.46. The van der Waals surface area contributed by atoms with E-state index in [0.717, 1.165) is 6.42 Å². The Morgan fingerprint density at radius 3 is 3.00 bits per heavy atom. The summed E-state index contributed by atoms with van der Waals surface area (Å²) >= 11 is 1.38. The van der Waals surface area contributed by atoms with Crippen molar-refractivity contribution in [3.63, 3.8) is 0 Å². The topological polar surface area (TPSA) is 66.9 Å². The number of aromatic nitrogens is 2. The second-order valence-electron chi connectivity index (χ2n) is 4.16. The van der Waals surface area contributed by atoms with Crippen LogP contribution in [0.3, 0.4) is 0 Å². The molecule has 19 heavy (non-hydrogen) atoms. The lowest BCUT2D eigenvalue weighted by Crippen LogP contribution is -2.32. The predicted octanol–water partition coefficient (Wildman–Crippen LogP) is 2.81. The molecule has 0 aliphatic rings. The first-order valence-electron chi connectivity index (χ1n) is 6.13. The van der Waals surface area contributed by atoms with E-state index in [1.54, 1.807) is 11.6 Å². The van der Waals surface area contributed by atoms with Crippen molar-refractivity contribution in [2.45, 2.75) is 26.3 Å². The minimum Gasteiger partial charge on any atom is -0.348 e. The normalized spacial score (nSPS) is 11.9. The number of anilines is 2. The van der Waals surface area contributed by atoms with Crippen LogP contribution in [0, 0.1) is 0 Å². The molecule has 0 fully saturated rings. The maximum Gasteiger partial charge on any atom is 0.271 e. The van der Waals surface area contributed by atoms with Gasteiger partial charge in [0.2, 0.25) is 0 Å². The molecule has 1 unspecified atom stereocenters. The van der Waals surface area contributed by atoms with Crippen LogP contribution in [-0.2, 0) is 0 Å². The minimum atomic E-state index is -0.139. The van der Waals surface area contributed by atoms with Gasteiger partial charge in [0.1, 0.15) is 11.5 Å². The Morgan fingerprint density at radius 2 is 2.32 bits per heavy atom. The molecule has 0 spiro atoms. The van der Waals surface area contributed by atoms with Crippen molar-refractivity contribution in [1.82, 2.24) is 15.3 Å². The number of carbonyl (C=O) groups excluding carboxylic acids is 1. The van der Waals surface area contributed by atoms with E-state index >= 15 is 0 Å². The number of amides is 1. The van der Waals surface area contributed by atoms with Crippen LogP contribution in [0.15, 0.2) is 29.8 Å². The van der Waals surface area contributed by atoms with E-state index in [-0.39, 0.29) is 11.9 Å². The molecule has 100 valence electrons. The van der Waals surface area contributed by atoms with Gasteiger partial charge in [0.25, 0.3) is 5.91 Å². The lowest BCUT2D eigenvalue weighted by atomic mass is 10.2. The zero-order chi connectivity index (χ0) is 13.7. The number of carbonyl (C=O) groups is 1. The standard InChI is InChI=1S/C13H16N4OS/c1-3-9(2)15-12(18)10-8-19-13(16-10)17-11-6-4-5-7-14-11/h4-9H,3H2,1-2H3,(H,15,18)(H,14,16,17). The van der Waals surface area contributed by atoms with Crippen LogP contribution in [0.5, 0.6) is 0 Å². The van der Waals surface area contributed by atoms with E-state index in [2.05, 4.69) is 20.6 Å². The van der Waals surface area contributed by atoms with Gasteiger partial charge in [-0.25, -0.2) is 9.97 Å². The molecule has 0 aromatic carbocycles. The van der Waals surface area contributed by atoms with Crippen LogP contribution in [0.1, 0.15) is 30.8 Å². The second-order valence-corrected chi connectivity index (χ2v) is 5.02. The van der Waals surface area contributed by atoms with Gasteiger partial charge in [-0.15, -0.1) is 11.3 Å². The predicted molar refractivity (Wildman–Crippen MR) is 76.9 cm³/mol. The lowest BCUT2D eigenvalue weighted by Gasteiger charge is -2.09. The van der Waals surface area contributed by atoms with E-state index in [0.29, 0.717) is 16.6 Å². The highest BCUT2D eigenvalue weighted by Crippen LogP contribution is 2.19. The number of hydrogen-bond donors (Lipinski definition) is 2. The van der Waals surface area contributed by atoms with E-state index in [1.165, 1.54) is 11.3 Å². The maximum absolute atomic E-state index is 11.9. The van der Waals surface area contributed by atoms with E-state index in [1.807, 2.05) is 32.0 Å². The molecule has 2 N–H and O–H groups in total. The summed E-state index contributed by atoms with van der Waals surface area (Å²) in [5.41, 5.74) is 0.434. The van der Waals surface area contributed by atoms with E-state index in [4.69, 9.17) is 0 Å². The third kappa shape index (κ3) is 3.75. The van der Waals surface area contributed by atoms with Gasteiger partial charge in [0, 0.05) is 17.6 Å². The minimum absolute atomic E-state index is 0.139. The van der Waals surface area contributed by atoms with Gasteiger partial charge in [-0.05, 0) is 25.5 Å². The van der Waals surface area contributed by atoms with Gasteiger partial charge in [-0.3, -0.25) is 4.79 Å². The highest BCUT2D eigenvalue weighted by atomic mass is 32.1. The molecule has 2 aromatic rings. The van der Waals surface area contributed by atoms with Gasteiger partial charge in [-0.1, -0.05) is 13.0 Å². The fourth-order valence-electron chi connectivity index (χ4n) is 1.38. The van der Waals surface area contributed by atoms with Crippen molar-refractivity contribution < 1.29 is 4.79 Å². The summed E-state index contributed by atoms with van der Waals surface area (Å²) in [6, 6.07) is 5.74. The molecule has 1 amide bonds. The Balaban J connectivity index is 2.01. The Bertz CT molecular complexity index is 541. The van der Waals surface area contributed by atoms with Crippen molar-refractivity contribution >= 4 is 28.2 Å². The molecule has 2 heterocycles. The number of nitrogens with zero attached hydrogens (tertiary/aromatic N) is 2. The number of thiazole rings is 1. The summed E-state index contributed by atoms with van der Waals surface area (Å²) in [6.07, 6.45) is 2.60. The van der Waals surface area contributed by atoms with Crippen molar-refractivity contribution in [1.29, 1.82) is 0 Å². The fraction of sp³-hybridized carbons (Fsp3) is 0.308. The molecule has 2 aromatic heterocycles. The zero-order valence-corrected chi connectivity index (χ0v) is 11.7. The molecule has 5 nitrogen and oxygen atoms in total. The number of hydrogen-bond acceptors (Lipinski definition) is 5. The molecule has 2 rings (SSSR count). The molecule has 0 bridgehead atoms. The Morgan fingerprint density at radius 1 is 1.47 bits per heavy atom. The van der Waals surface area contributed by atoms with Crippen molar-refractivity contribution in [3.8, 4) is 0 Å². The number of rotatable bonds is 5. The smallest absolute Gasteiger partial charge is 0.271 e. The SMILES string of the molecule is CCC(C)NC(=O)c1csc(Nc2ccccn2)n1. The molecule has 0 aliphatic carbocycles. The zero-order valence-electron chi connectivity index (χ0n) is 10.9. The van der Waals surface area contributed by atoms with Gasteiger partial charge in [0.05, 0.1) is 0 Å². The first-order chi connectivity index (χ1) is 9.19. The summed E-state index contributed by atoms with van der Waals surface area (Å²) in [4.78, 5) is 20.3. The van der Waals surface area contributed by atoms with Crippen LogP contribution in [0.2, 0.25) is 0 Å². The van der Waals surface area contributed by atoms with Crippen LogP contribution in [-0.4, -0.2) is 21.9 Å². The molecule has 0 radical (unpaired) electrons. The average molecular weight is 276 g/mol. The number of pyridine rings is 1. The van der Waals surface area contributed by atoms with Crippen LogP contribution >= 0.6 is 11.3 Å². The molecular formula is C13H16N4OS. The summed E-state index contributed by atoms with van der Waals surface area (Å²) in [6.45, 7) is 4.00. The van der Waals surface area contributed by atoms with Gasteiger partial charge in [-0.2, -0.15) is 0 Å². The quantitative estimate of drug-likeness (QED) is 0.881. The van der Waals surface area contributed by atoms with Crippen LogP contribution in [0.25, 0.3) is 0 Å². The van der Waals surface area contributed by atoms with E-state index in [9.17, 15) is 4.79 Å². The molecule has 0 saturated carbocycles. The van der Waals surface area contributed by atoms with Gasteiger partial charge >= 0.3 is 0 Å². The summed E-state index contributed by atoms with van der Waals surface area (Å²) in [5.74, 6) is 0.574. The Hall–Kier alpha value is -1.95. The average Bonchev–Trinajstić information content (AvgIpc) is 2.88. The molecule has 6 heteroatoms. The third-order valence-electron chi connectivity index (χ3n) is 2.63. The molecule has 1 atom stereocenters. The first kappa shape index (κ1) is 13.5.